The second kappa shape index (κ2) is 11.4. The predicted molar refractivity (Wildman–Crippen MR) is 122 cm³/mol. The number of rotatable bonds is 12. The predicted octanol–water partition coefficient (Wildman–Crippen LogP) is 5.05. The lowest BCUT2D eigenvalue weighted by Crippen LogP contribution is -2.23. The summed E-state index contributed by atoms with van der Waals surface area (Å²) >= 11 is 0. The van der Waals surface area contributed by atoms with E-state index in [1.54, 1.807) is 0 Å². The summed E-state index contributed by atoms with van der Waals surface area (Å²) in [5.74, 6) is 2.17. The molecule has 1 heterocycles. The highest BCUT2D eigenvalue weighted by molar-refractivity contribution is 5.76. The minimum Gasteiger partial charge on any atom is -0.492 e. The largest absolute Gasteiger partial charge is 0.492 e. The molecule has 0 atom stereocenters. The number of unbranched alkanes of at least 4 members (excludes halogenated alkanes) is 2. The minimum absolute atomic E-state index is 0.160. The first kappa shape index (κ1) is 21.9. The van der Waals surface area contributed by atoms with Crippen molar-refractivity contribution in [1.82, 2.24) is 14.9 Å². The Morgan fingerprint density at radius 2 is 1.87 bits per heavy atom. The van der Waals surface area contributed by atoms with E-state index < -0.39 is 0 Å². The first-order valence-corrected chi connectivity index (χ1v) is 11.1. The summed E-state index contributed by atoms with van der Waals surface area (Å²) in [4.78, 5) is 16.4. The lowest BCUT2D eigenvalue weighted by Gasteiger charge is -2.11. The summed E-state index contributed by atoms with van der Waals surface area (Å²) in [6, 6.07) is 16.5. The third-order valence-electron chi connectivity index (χ3n) is 5.21. The molecule has 1 N–H and O–H groups in total. The number of hydrogen-bond acceptors (Lipinski definition) is 3. The number of carbonyl (C=O) groups is 1. The highest BCUT2D eigenvalue weighted by Gasteiger charge is 2.10. The quantitative estimate of drug-likeness (QED) is 0.427. The zero-order valence-electron chi connectivity index (χ0n) is 18.2. The molecule has 3 aromatic rings. The summed E-state index contributed by atoms with van der Waals surface area (Å²) in [6.45, 7) is 6.25. The number of nitrogens with one attached hydrogen (secondary N) is 1. The van der Waals surface area contributed by atoms with Crippen molar-refractivity contribution in [3.63, 3.8) is 0 Å². The highest BCUT2D eigenvalue weighted by Crippen LogP contribution is 2.18. The molecule has 0 spiro atoms. The Kier molecular flexibility index (Phi) is 8.30. The molecule has 2 aromatic carbocycles. The molecule has 1 amide bonds. The van der Waals surface area contributed by atoms with Gasteiger partial charge in [-0.15, -0.1) is 0 Å². The number of para-hydroxylation sites is 2. The molecule has 0 aliphatic carbocycles. The Morgan fingerprint density at radius 1 is 1.07 bits per heavy atom. The molecular weight excluding hydrogens is 374 g/mol. The molecular formula is C25H33N3O2. The molecule has 0 unspecified atom stereocenters. The number of aryl methyl sites for hydroxylation is 2. The Morgan fingerprint density at radius 3 is 2.67 bits per heavy atom. The number of ether oxygens (including phenoxy) is 1. The van der Waals surface area contributed by atoms with Gasteiger partial charge in [-0.3, -0.25) is 4.79 Å². The number of hydrogen-bond donors (Lipinski definition) is 1. The van der Waals surface area contributed by atoms with E-state index in [1.807, 2.05) is 25.1 Å². The second-order valence-electron chi connectivity index (χ2n) is 7.74. The van der Waals surface area contributed by atoms with Gasteiger partial charge in [0.25, 0.3) is 0 Å². The van der Waals surface area contributed by atoms with Crippen LogP contribution in [-0.2, 0) is 17.8 Å². The maximum atomic E-state index is 11.5. The molecule has 5 heteroatoms. The van der Waals surface area contributed by atoms with E-state index in [1.165, 1.54) is 5.56 Å². The summed E-state index contributed by atoms with van der Waals surface area (Å²) in [6.07, 6.45) is 5.60. The molecule has 0 saturated heterocycles. The molecule has 5 nitrogen and oxygen atoms in total. The zero-order chi connectivity index (χ0) is 21.2. The fraction of sp³-hybridized carbons (Fsp3) is 0.440. The van der Waals surface area contributed by atoms with Gasteiger partial charge in [0.15, 0.2) is 0 Å². The van der Waals surface area contributed by atoms with Crippen LogP contribution < -0.4 is 10.1 Å². The van der Waals surface area contributed by atoms with Crippen LogP contribution in [0.2, 0.25) is 0 Å². The summed E-state index contributed by atoms with van der Waals surface area (Å²) in [5.41, 5.74) is 3.43. The van der Waals surface area contributed by atoms with Crippen LogP contribution in [0.1, 0.15) is 50.4 Å². The third kappa shape index (κ3) is 6.34. The average Bonchev–Trinajstić information content (AvgIpc) is 3.10. The number of amides is 1. The standard InChI is InChI=1S/C25H33N3O2/c1-3-9-25(29)26-17-8-4-5-12-24-27-22-10-6-7-11-23(22)28(24)18-19-30-21-15-13-20(2)14-16-21/h6-7,10-11,13-16H,3-5,8-9,12,17-19H2,1-2H3,(H,26,29). The Labute approximate surface area is 179 Å². The van der Waals surface area contributed by atoms with Crippen LogP contribution in [0.3, 0.4) is 0 Å². The summed E-state index contributed by atoms with van der Waals surface area (Å²) < 4.78 is 8.23. The average molecular weight is 408 g/mol. The summed E-state index contributed by atoms with van der Waals surface area (Å²) in [5, 5.41) is 2.99. The normalized spacial score (nSPS) is 11.0. The van der Waals surface area contributed by atoms with Gasteiger partial charge in [-0.05, 0) is 50.5 Å². The van der Waals surface area contributed by atoms with Gasteiger partial charge < -0.3 is 14.6 Å². The van der Waals surface area contributed by atoms with E-state index in [2.05, 4.69) is 47.1 Å². The van der Waals surface area contributed by atoms with E-state index in [0.717, 1.165) is 67.8 Å². The number of imidazole rings is 1. The maximum Gasteiger partial charge on any atom is 0.219 e. The Hall–Kier alpha value is -2.82. The fourth-order valence-corrected chi connectivity index (χ4v) is 3.58. The van der Waals surface area contributed by atoms with Crippen LogP contribution in [0.25, 0.3) is 11.0 Å². The van der Waals surface area contributed by atoms with E-state index in [-0.39, 0.29) is 5.91 Å². The lowest BCUT2D eigenvalue weighted by molar-refractivity contribution is -0.121. The van der Waals surface area contributed by atoms with Gasteiger partial charge in [-0.1, -0.05) is 43.2 Å². The fourth-order valence-electron chi connectivity index (χ4n) is 3.58. The van der Waals surface area contributed by atoms with Gasteiger partial charge in [0, 0.05) is 19.4 Å². The van der Waals surface area contributed by atoms with E-state index >= 15 is 0 Å². The number of benzene rings is 2. The molecule has 3 rings (SSSR count). The third-order valence-corrected chi connectivity index (χ3v) is 5.21. The molecule has 0 aliphatic heterocycles. The molecule has 0 radical (unpaired) electrons. The Balaban J connectivity index is 1.52. The molecule has 160 valence electrons. The molecule has 0 saturated carbocycles. The van der Waals surface area contributed by atoms with Crippen LogP contribution in [0, 0.1) is 6.92 Å². The lowest BCUT2D eigenvalue weighted by atomic mass is 10.2. The van der Waals surface area contributed by atoms with E-state index in [9.17, 15) is 4.79 Å². The van der Waals surface area contributed by atoms with Crippen molar-refractivity contribution < 1.29 is 9.53 Å². The van der Waals surface area contributed by atoms with Crippen LogP contribution in [0.5, 0.6) is 5.75 Å². The van der Waals surface area contributed by atoms with Crippen molar-refractivity contribution in [3.05, 3.63) is 59.9 Å². The molecule has 0 fully saturated rings. The van der Waals surface area contributed by atoms with Crippen molar-refractivity contribution in [2.45, 2.75) is 58.9 Å². The minimum atomic E-state index is 0.160. The van der Waals surface area contributed by atoms with Gasteiger partial charge in [-0.2, -0.15) is 0 Å². The first-order chi connectivity index (χ1) is 14.7. The maximum absolute atomic E-state index is 11.5. The second-order valence-corrected chi connectivity index (χ2v) is 7.74. The monoisotopic (exact) mass is 407 g/mol. The van der Waals surface area contributed by atoms with E-state index in [0.29, 0.717) is 13.0 Å². The molecule has 1 aromatic heterocycles. The van der Waals surface area contributed by atoms with Crippen LogP contribution in [0.4, 0.5) is 0 Å². The van der Waals surface area contributed by atoms with Crippen molar-refractivity contribution in [1.29, 1.82) is 0 Å². The summed E-state index contributed by atoms with van der Waals surface area (Å²) in [7, 11) is 0. The highest BCUT2D eigenvalue weighted by atomic mass is 16.5. The number of fused-ring (bicyclic) bond motifs is 1. The van der Waals surface area contributed by atoms with Crippen LogP contribution in [0.15, 0.2) is 48.5 Å². The molecule has 30 heavy (non-hydrogen) atoms. The van der Waals surface area contributed by atoms with Crippen molar-refractivity contribution in [2.75, 3.05) is 13.2 Å². The smallest absolute Gasteiger partial charge is 0.219 e. The number of carbonyl (C=O) groups excluding carboxylic acids is 1. The topological polar surface area (TPSA) is 56.2 Å². The number of nitrogens with zero attached hydrogens (tertiary/aromatic N) is 2. The van der Waals surface area contributed by atoms with Gasteiger partial charge >= 0.3 is 0 Å². The van der Waals surface area contributed by atoms with Crippen LogP contribution in [-0.4, -0.2) is 28.6 Å². The van der Waals surface area contributed by atoms with E-state index in [4.69, 9.17) is 9.72 Å². The molecule has 0 aliphatic rings. The van der Waals surface area contributed by atoms with Gasteiger partial charge in [-0.25, -0.2) is 4.98 Å². The van der Waals surface area contributed by atoms with Crippen LogP contribution >= 0.6 is 0 Å². The number of aromatic nitrogens is 2. The van der Waals surface area contributed by atoms with Gasteiger partial charge in [0.2, 0.25) is 5.91 Å². The zero-order valence-corrected chi connectivity index (χ0v) is 18.2. The van der Waals surface area contributed by atoms with Crippen molar-refractivity contribution in [3.8, 4) is 5.75 Å². The van der Waals surface area contributed by atoms with Gasteiger partial charge in [0.1, 0.15) is 18.2 Å². The molecule has 0 bridgehead atoms. The Bertz CT molecular complexity index is 931. The van der Waals surface area contributed by atoms with Crippen molar-refractivity contribution >= 4 is 16.9 Å². The first-order valence-electron chi connectivity index (χ1n) is 11.1. The van der Waals surface area contributed by atoms with Gasteiger partial charge in [0.05, 0.1) is 17.6 Å². The SMILES string of the molecule is CCCC(=O)NCCCCCc1nc2ccccc2n1CCOc1ccc(C)cc1. The van der Waals surface area contributed by atoms with Crippen molar-refractivity contribution in [2.24, 2.45) is 0 Å².